The predicted molar refractivity (Wildman–Crippen MR) is 66.7 cm³/mol. The average molecular weight is 704 g/mol. The van der Waals surface area contributed by atoms with Crippen molar-refractivity contribution in [2.24, 2.45) is 16.2 Å². The highest BCUT2D eigenvalue weighted by Crippen LogP contribution is 2.85. The maximum Gasteiger partial charge on any atom is 0.415 e. The van der Waals surface area contributed by atoms with Crippen LogP contribution >= 0.6 is 0 Å². The molecule has 0 radical (unpaired) electrons. The SMILES string of the molecule is FOC(C(C(F)(F)F)(C(F)(F)F)C(F)(F)F)(C(C(F)(F)F)(C(F)(F)F)C(F)(F)F)C(C(F)(F)F)(C(F)(F)F)C(F)(F)F. The van der Waals surface area contributed by atoms with Crippen LogP contribution in [0.2, 0.25) is 0 Å². The van der Waals surface area contributed by atoms with Crippen molar-refractivity contribution in [1.29, 1.82) is 0 Å². The molecule has 0 aromatic rings. The largest absolute Gasteiger partial charge is 0.415 e. The van der Waals surface area contributed by atoms with E-state index in [1.165, 1.54) is 0 Å². The first kappa shape index (κ1) is 40.0. The third-order valence-electron chi connectivity index (χ3n) is 5.53. The van der Waals surface area contributed by atoms with Gasteiger partial charge in [-0.1, -0.05) is 0 Å². The van der Waals surface area contributed by atoms with E-state index in [1.807, 2.05) is 0 Å². The second-order valence-corrected chi connectivity index (χ2v) is 7.49. The second kappa shape index (κ2) is 9.50. The Balaban J connectivity index is 10.7. The molecule has 0 atom stereocenters. The molecule has 0 bridgehead atoms. The van der Waals surface area contributed by atoms with Gasteiger partial charge in [0, 0.05) is 0 Å². The average Bonchev–Trinajstić information content (AvgIpc) is 2.49. The van der Waals surface area contributed by atoms with Gasteiger partial charge in [0.1, 0.15) is 0 Å². The molecule has 0 aliphatic rings. The topological polar surface area (TPSA) is 9.23 Å². The van der Waals surface area contributed by atoms with Crippen LogP contribution in [0.1, 0.15) is 0 Å². The Morgan fingerprint density at radius 1 is 0.214 bits per heavy atom. The summed E-state index contributed by atoms with van der Waals surface area (Å²) in [5.41, 5.74) is -44.5. The van der Waals surface area contributed by atoms with E-state index in [-0.39, 0.29) is 4.94 Å². The van der Waals surface area contributed by atoms with Gasteiger partial charge in [0.15, 0.2) is 0 Å². The van der Waals surface area contributed by atoms with Crippen LogP contribution in [0.5, 0.6) is 0 Å². The summed E-state index contributed by atoms with van der Waals surface area (Å²) < 4.78 is 379. The van der Waals surface area contributed by atoms with E-state index in [0.29, 0.717) is 0 Å². The van der Waals surface area contributed by atoms with E-state index in [0.717, 1.165) is 0 Å². The molecule has 0 unspecified atom stereocenters. The van der Waals surface area contributed by atoms with Crippen molar-refractivity contribution in [1.82, 2.24) is 0 Å². The van der Waals surface area contributed by atoms with Gasteiger partial charge in [0.25, 0.3) is 16.2 Å². The molecule has 0 aromatic carbocycles. The van der Waals surface area contributed by atoms with Crippen LogP contribution in [0.3, 0.4) is 0 Å². The summed E-state index contributed by atoms with van der Waals surface area (Å²) in [6.45, 7) is 0. The van der Waals surface area contributed by atoms with Gasteiger partial charge in [-0.05, 0) is 4.53 Å². The molecule has 42 heavy (non-hydrogen) atoms. The molecule has 0 saturated heterocycles. The molecular weight excluding hydrogens is 704 g/mol. The lowest BCUT2D eigenvalue weighted by molar-refractivity contribution is -0.621. The van der Waals surface area contributed by atoms with Crippen molar-refractivity contribution in [3.8, 4) is 0 Å². The summed E-state index contributed by atoms with van der Waals surface area (Å²) in [6.07, 6.45) is -91.2. The second-order valence-electron chi connectivity index (χ2n) is 7.49. The Kier molecular flexibility index (Phi) is 9.05. The molecule has 0 amide bonds. The molecule has 0 saturated carbocycles. The molecule has 0 aliphatic carbocycles. The minimum atomic E-state index is -11.5. The first-order valence-electron chi connectivity index (χ1n) is 8.46. The molecule has 29 heteroatoms. The fourth-order valence-corrected chi connectivity index (χ4v) is 4.26. The lowest BCUT2D eigenvalue weighted by atomic mass is 9.44. The predicted octanol–water partition coefficient (Wildman–Crippen LogP) is 9.65. The molecule has 254 valence electrons. The van der Waals surface area contributed by atoms with Crippen LogP contribution < -0.4 is 0 Å². The normalized spacial score (nSPS) is 17.1. The molecule has 0 aromatic heterocycles. The lowest BCUT2D eigenvalue weighted by Crippen LogP contribution is -2.93. The van der Waals surface area contributed by atoms with Crippen LogP contribution in [-0.2, 0) is 4.94 Å². The van der Waals surface area contributed by atoms with Crippen molar-refractivity contribution in [2.45, 2.75) is 61.2 Å². The number of halogens is 28. The zero-order chi connectivity index (χ0) is 35.2. The Hall–Kier alpha value is -2.00. The van der Waals surface area contributed by atoms with Gasteiger partial charge in [-0.2, -0.15) is 123 Å². The van der Waals surface area contributed by atoms with Gasteiger partial charge in [0.05, 0.1) is 0 Å². The van der Waals surface area contributed by atoms with Crippen molar-refractivity contribution >= 4 is 0 Å². The van der Waals surface area contributed by atoms with E-state index < -0.39 is 77.4 Å². The Morgan fingerprint density at radius 3 is 0.357 bits per heavy atom. The molecule has 0 aliphatic heterocycles. The first-order valence-corrected chi connectivity index (χ1v) is 8.46. The van der Waals surface area contributed by atoms with Gasteiger partial charge in [0.2, 0.25) is 5.60 Å². The Morgan fingerprint density at radius 2 is 0.310 bits per heavy atom. The summed E-state index contributed by atoms with van der Waals surface area (Å²) in [4.78, 5) is 0.0931. The quantitative estimate of drug-likeness (QED) is 0.265. The van der Waals surface area contributed by atoms with Gasteiger partial charge in [-0.15, -0.1) is 0 Å². The van der Waals surface area contributed by atoms with Gasteiger partial charge in [-0.3, -0.25) is 0 Å². The third-order valence-corrected chi connectivity index (χ3v) is 5.53. The van der Waals surface area contributed by atoms with Crippen molar-refractivity contribution in [3.63, 3.8) is 0 Å². The molecular formula is C13F28O. The minimum absolute atomic E-state index is 0.0931. The maximum atomic E-state index is 13.6. The highest BCUT2D eigenvalue weighted by molar-refractivity contribution is 5.34. The van der Waals surface area contributed by atoms with E-state index in [2.05, 4.69) is 0 Å². The Labute approximate surface area is 207 Å². The number of alkyl halides is 27. The van der Waals surface area contributed by atoms with Gasteiger partial charge in [-0.25, -0.2) is 0 Å². The molecule has 1 nitrogen and oxygen atoms in total. The van der Waals surface area contributed by atoms with Crippen LogP contribution in [0.15, 0.2) is 0 Å². The summed E-state index contributed by atoms with van der Waals surface area (Å²) in [5, 5.41) is 0. The monoisotopic (exact) mass is 704 g/mol. The van der Waals surface area contributed by atoms with Gasteiger partial charge >= 0.3 is 55.6 Å². The highest BCUT2D eigenvalue weighted by Gasteiger charge is 3.14. The van der Waals surface area contributed by atoms with E-state index in [4.69, 9.17) is 0 Å². The summed E-state index contributed by atoms with van der Waals surface area (Å²) in [6, 6.07) is 0. The third kappa shape index (κ3) is 4.38. The van der Waals surface area contributed by atoms with Crippen LogP contribution in [0, 0.1) is 16.2 Å². The lowest BCUT2D eigenvalue weighted by Gasteiger charge is -2.63. The number of hydrogen-bond donors (Lipinski definition) is 0. The molecule has 0 rings (SSSR count). The van der Waals surface area contributed by atoms with E-state index in [1.54, 1.807) is 0 Å². The van der Waals surface area contributed by atoms with Crippen molar-refractivity contribution < 1.29 is 128 Å². The number of rotatable bonds is 4. The smallest absolute Gasteiger partial charge is 0.182 e. The molecule has 0 heterocycles. The first-order chi connectivity index (χ1) is 17.6. The van der Waals surface area contributed by atoms with E-state index in [9.17, 15) is 123 Å². The minimum Gasteiger partial charge on any atom is -0.182 e. The molecule has 0 fully saturated rings. The highest BCUT2D eigenvalue weighted by atomic mass is 19.5. The van der Waals surface area contributed by atoms with Crippen molar-refractivity contribution in [2.75, 3.05) is 0 Å². The Bertz CT molecular complexity index is 716. The summed E-state index contributed by atoms with van der Waals surface area (Å²) >= 11 is 0. The van der Waals surface area contributed by atoms with E-state index >= 15 is 0 Å². The molecule has 0 spiro atoms. The van der Waals surface area contributed by atoms with Gasteiger partial charge < -0.3 is 0 Å². The van der Waals surface area contributed by atoms with Crippen LogP contribution in [0.4, 0.5) is 123 Å². The van der Waals surface area contributed by atoms with Crippen molar-refractivity contribution in [3.05, 3.63) is 0 Å². The summed E-state index contributed by atoms with van der Waals surface area (Å²) in [7, 11) is 0. The maximum absolute atomic E-state index is 13.6. The fourth-order valence-electron chi connectivity index (χ4n) is 4.26. The molecule has 0 N–H and O–H groups in total. The zero-order valence-corrected chi connectivity index (χ0v) is 17.5. The zero-order valence-electron chi connectivity index (χ0n) is 17.5. The fraction of sp³-hybridized carbons (Fsp3) is 1.00. The van der Waals surface area contributed by atoms with Crippen LogP contribution in [-0.4, -0.2) is 61.2 Å². The van der Waals surface area contributed by atoms with Crippen LogP contribution in [0.25, 0.3) is 0 Å². The standard InChI is InChI=1S/C13F28O/c14-5(15,16)1(6(17,18)19,7(20,21)22)4(42-41,2(8(23,24)25,9(26,27)28)10(29,30)31)3(11(32,33)34,12(35,36)37)13(38,39)40. The summed E-state index contributed by atoms with van der Waals surface area (Å²) in [5.74, 6) is 0. The number of hydrogen-bond acceptors (Lipinski definition) is 1.